The van der Waals surface area contributed by atoms with Crippen LogP contribution in [0.4, 0.5) is 4.39 Å². The first kappa shape index (κ1) is 19.3. The molecule has 0 saturated heterocycles. The van der Waals surface area contributed by atoms with E-state index in [2.05, 4.69) is 4.98 Å². The zero-order valence-corrected chi connectivity index (χ0v) is 15.5. The average molecular weight is 377 g/mol. The average Bonchev–Trinajstić information content (AvgIpc) is 2.72. The van der Waals surface area contributed by atoms with E-state index in [1.165, 1.54) is 18.2 Å². The summed E-state index contributed by atoms with van der Waals surface area (Å²) in [5.74, 6) is -0.0221. The second kappa shape index (κ2) is 9.46. The summed E-state index contributed by atoms with van der Waals surface area (Å²) in [6, 6.07) is 17.1. The molecule has 0 atom stereocenters. The van der Waals surface area contributed by atoms with Crippen molar-refractivity contribution in [2.45, 2.75) is 20.1 Å². The molecule has 0 aliphatic rings. The summed E-state index contributed by atoms with van der Waals surface area (Å²) in [5, 5.41) is 0. The standard InChI is InChI=1S/C23H20FNO3/c1-17(20-4-6-21(24)7-5-20)14-23(26)28-16-18-2-8-22(9-3-18)27-15-19-10-12-25-13-11-19/h2-14H,15-16H2,1H3/b17-14+. The Labute approximate surface area is 163 Å². The predicted octanol–water partition coefficient (Wildman–Crippen LogP) is 4.95. The Kier molecular flexibility index (Phi) is 6.52. The van der Waals surface area contributed by atoms with Crippen LogP contribution >= 0.6 is 0 Å². The lowest BCUT2D eigenvalue weighted by Gasteiger charge is -2.08. The van der Waals surface area contributed by atoms with Gasteiger partial charge in [0.15, 0.2) is 0 Å². The van der Waals surface area contributed by atoms with E-state index < -0.39 is 5.97 Å². The monoisotopic (exact) mass is 377 g/mol. The summed E-state index contributed by atoms with van der Waals surface area (Å²) >= 11 is 0. The van der Waals surface area contributed by atoms with Gasteiger partial charge in [-0.25, -0.2) is 9.18 Å². The lowest BCUT2D eigenvalue weighted by molar-refractivity contribution is -0.138. The highest BCUT2D eigenvalue weighted by Gasteiger charge is 2.04. The third-order valence-electron chi connectivity index (χ3n) is 4.09. The SMILES string of the molecule is C/C(=C\C(=O)OCc1ccc(OCc2ccncc2)cc1)c1ccc(F)cc1. The van der Waals surface area contributed by atoms with Gasteiger partial charge in [0.05, 0.1) is 0 Å². The molecule has 0 amide bonds. The molecular formula is C23H20FNO3. The molecule has 0 unspecified atom stereocenters. The van der Waals surface area contributed by atoms with Gasteiger partial charge in [-0.3, -0.25) is 4.98 Å². The first-order chi connectivity index (χ1) is 13.6. The Morgan fingerprint density at radius 2 is 1.57 bits per heavy atom. The van der Waals surface area contributed by atoms with Crippen molar-refractivity contribution in [3.05, 3.63) is 102 Å². The van der Waals surface area contributed by atoms with E-state index in [4.69, 9.17) is 9.47 Å². The van der Waals surface area contributed by atoms with Crippen molar-refractivity contribution < 1.29 is 18.7 Å². The molecule has 0 aliphatic heterocycles. The van der Waals surface area contributed by atoms with E-state index in [-0.39, 0.29) is 12.4 Å². The molecule has 142 valence electrons. The van der Waals surface area contributed by atoms with Crippen molar-refractivity contribution in [2.24, 2.45) is 0 Å². The molecule has 0 fully saturated rings. The first-order valence-electron chi connectivity index (χ1n) is 8.82. The lowest BCUT2D eigenvalue weighted by Crippen LogP contribution is -2.02. The van der Waals surface area contributed by atoms with E-state index in [1.54, 1.807) is 31.5 Å². The number of halogens is 1. The highest BCUT2D eigenvalue weighted by Crippen LogP contribution is 2.16. The first-order valence-corrected chi connectivity index (χ1v) is 8.82. The van der Waals surface area contributed by atoms with Crippen LogP contribution in [0.5, 0.6) is 5.75 Å². The highest BCUT2D eigenvalue weighted by molar-refractivity contribution is 5.90. The molecule has 4 nitrogen and oxygen atoms in total. The number of carbonyl (C=O) groups excluding carboxylic acids is 1. The molecule has 1 aromatic heterocycles. The summed E-state index contributed by atoms with van der Waals surface area (Å²) in [6.45, 7) is 2.41. The van der Waals surface area contributed by atoms with E-state index in [1.807, 2.05) is 36.4 Å². The minimum atomic E-state index is -0.445. The molecule has 3 rings (SSSR count). The van der Waals surface area contributed by atoms with Gasteiger partial charge < -0.3 is 9.47 Å². The number of esters is 1. The molecule has 2 aromatic carbocycles. The van der Waals surface area contributed by atoms with Crippen molar-refractivity contribution in [1.82, 2.24) is 4.98 Å². The third kappa shape index (κ3) is 5.77. The summed E-state index contributed by atoms with van der Waals surface area (Å²) in [6.07, 6.45) is 4.85. The van der Waals surface area contributed by atoms with Gasteiger partial charge in [0.1, 0.15) is 24.8 Å². The molecule has 0 N–H and O–H groups in total. The van der Waals surface area contributed by atoms with Crippen LogP contribution in [0.1, 0.15) is 23.6 Å². The molecule has 0 spiro atoms. The van der Waals surface area contributed by atoms with Crippen molar-refractivity contribution >= 4 is 11.5 Å². The molecular weight excluding hydrogens is 357 g/mol. The van der Waals surface area contributed by atoms with Crippen LogP contribution in [-0.2, 0) is 22.7 Å². The summed E-state index contributed by atoms with van der Waals surface area (Å²) in [5.41, 5.74) is 3.38. The fraction of sp³-hybridized carbons (Fsp3) is 0.130. The largest absolute Gasteiger partial charge is 0.489 e. The third-order valence-corrected chi connectivity index (χ3v) is 4.09. The number of aromatic nitrogens is 1. The second-order valence-electron chi connectivity index (χ2n) is 6.23. The van der Waals surface area contributed by atoms with Crippen LogP contribution in [0.2, 0.25) is 0 Å². The summed E-state index contributed by atoms with van der Waals surface area (Å²) in [7, 11) is 0. The normalized spacial score (nSPS) is 11.1. The Bertz CT molecular complexity index is 936. The van der Waals surface area contributed by atoms with Crippen LogP contribution in [0.15, 0.2) is 79.1 Å². The number of rotatable bonds is 7. The van der Waals surface area contributed by atoms with Gasteiger partial charge in [0, 0.05) is 18.5 Å². The van der Waals surface area contributed by atoms with E-state index >= 15 is 0 Å². The maximum Gasteiger partial charge on any atom is 0.331 e. The van der Waals surface area contributed by atoms with Gasteiger partial charge in [-0.15, -0.1) is 0 Å². The number of carbonyl (C=O) groups is 1. The number of allylic oxidation sites excluding steroid dienone is 1. The number of pyridine rings is 1. The predicted molar refractivity (Wildman–Crippen MR) is 105 cm³/mol. The number of ether oxygens (including phenoxy) is 2. The van der Waals surface area contributed by atoms with E-state index in [0.717, 1.165) is 22.4 Å². The van der Waals surface area contributed by atoms with Crippen molar-refractivity contribution in [3.63, 3.8) is 0 Å². The van der Waals surface area contributed by atoms with Gasteiger partial charge in [0.25, 0.3) is 0 Å². The van der Waals surface area contributed by atoms with Gasteiger partial charge >= 0.3 is 5.97 Å². The highest BCUT2D eigenvalue weighted by atomic mass is 19.1. The van der Waals surface area contributed by atoms with Gasteiger partial charge in [-0.1, -0.05) is 24.3 Å². The molecule has 0 saturated carbocycles. The Morgan fingerprint density at radius 3 is 2.25 bits per heavy atom. The molecule has 3 aromatic rings. The van der Waals surface area contributed by atoms with Crippen molar-refractivity contribution in [3.8, 4) is 5.75 Å². The second-order valence-corrected chi connectivity index (χ2v) is 6.23. The van der Waals surface area contributed by atoms with Crippen molar-refractivity contribution in [2.75, 3.05) is 0 Å². The van der Waals surface area contributed by atoms with Gasteiger partial charge in [-0.2, -0.15) is 0 Å². The van der Waals surface area contributed by atoms with Crippen LogP contribution < -0.4 is 4.74 Å². The number of hydrogen-bond acceptors (Lipinski definition) is 4. The molecule has 5 heteroatoms. The Hall–Kier alpha value is -3.47. The zero-order valence-electron chi connectivity index (χ0n) is 15.5. The lowest BCUT2D eigenvalue weighted by atomic mass is 10.1. The fourth-order valence-electron chi connectivity index (χ4n) is 2.50. The summed E-state index contributed by atoms with van der Waals surface area (Å²) < 4.78 is 23.9. The molecule has 28 heavy (non-hydrogen) atoms. The van der Waals surface area contributed by atoms with Gasteiger partial charge in [0.2, 0.25) is 0 Å². The summed E-state index contributed by atoms with van der Waals surface area (Å²) in [4.78, 5) is 16.0. The minimum absolute atomic E-state index is 0.163. The van der Waals surface area contributed by atoms with Crippen LogP contribution in [-0.4, -0.2) is 11.0 Å². The maximum absolute atomic E-state index is 13.0. The minimum Gasteiger partial charge on any atom is -0.489 e. The molecule has 0 aliphatic carbocycles. The number of nitrogens with zero attached hydrogens (tertiary/aromatic N) is 1. The van der Waals surface area contributed by atoms with Gasteiger partial charge in [-0.05, 0) is 65.6 Å². The Morgan fingerprint density at radius 1 is 0.929 bits per heavy atom. The fourth-order valence-corrected chi connectivity index (χ4v) is 2.50. The van der Waals surface area contributed by atoms with Crippen LogP contribution in [0.25, 0.3) is 5.57 Å². The number of hydrogen-bond donors (Lipinski definition) is 0. The molecule has 1 heterocycles. The zero-order chi connectivity index (χ0) is 19.8. The van der Waals surface area contributed by atoms with Crippen molar-refractivity contribution in [1.29, 1.82) is 0 Å². The van der Waals surface area contributed by atoms with Crippen LogP contribution in [0.3, 0.4) is 0 Å². The van der Waals surface area contributed by atoms with E-state index in [9.17, 15) is 9.18 Å². The topological polar surface area (TPSA) is 48.4 Å². The Balaban J connectivity index is 1.49. The van der Waals surface area contributed by atoms with E-state index in [0.29, 0.717) is 12.2 Å². The smallest absolute Gasteiger partial charge is 0.331 e. The quantitative estimate of drug-likeness (QED) is 0.432. The maximum atomic E-state index is 13.0. The number of benzene rings is 2. The molecule has 0 bridgehead atoms. The van der Waals surface area contributed by atoms with Crippen LogP contribution in [0, 0.1) is 5.82 Å². The molecule has 0 radical (unpaired) electrons.